The van der Waals surface area contributed by atoms with Crippen molar-refractivity contribution in [1.82, 2.24) is 0 Å². The van der Waals surface area contributed by atoms with E-state index >= 15 is 0 Å². The van der Waals surface area contributed by atoms with Crippen molar-refractivity contribution >= 4 is 11.5 Å². The highest BCUT2D eigenvalue weighted by Gasteiger charge is 2.36. The number of methoxy groups -OCH3 is 1. The number of ether oxygens (including phenoxy) is 1. The number of alkyl halides is 3. The Morgan fingerprint density at radius 1 is 0.971 bits per heavy atom. The molecule has 1 aliphatic carbocycles. The van der Waals surface area contributed by atoms with E-state index in [1.165, 1.54) is 42.0 Å². The summed E-state index contributed by atoms with van der Waals surface area (Å²) in [4.78, 5) is 11.6. The molecule has 0 atom stereocenters. The van der Waals surface area contributed by atoms with Crippen LogP contribution in [0.15, 0.2) is 60.7 Å². The standard InChI is InChI=1S/C29H33F3O2/c1-27(2)16-17-28(3,4)25-18-20(12-14-24(25)27)8-6-9-21(13-15-26(33)34-5)22-10-7-11-23(19-22)29(30,31)32/h7,9-15,18-19H,6,8,16-17H2,1-5H3. The summed E-state index contributed by atoms with van der Waals surface area (Å²) in [5.41, 5.74) is 4.48. The van der Waals surface area contributed by atoms with Gasteiger partial charge in [0.25, 0.3) is 0 Å². The fraction of sp³-hybridized carbons (Fsp3) is 0.414. The average Bonchev–Trinajstić information content (AvgIpc) is 2.78. The zero-order valence-corrected chi connectivity index (χ0v) is 20.6. The van der Waals surface area contributed by atoms with Gasteiger partial charge in [-0.3, -0.25) is 0 Å². The first-order valence-electron chi connectivity index (χ1n) is 11.6. The number of allylic oxidation sites excluding steroid dienone is 3. The molecule has 2 aromatic carbocycles. The molecule has 0 amide bonds. The number of benzene rings is 2. The van der Waals surface area contributed by atoms with E-state index in [4.69, 9.17) is 0 Å². The second-order valence-electron chi connectivity index (χ2n) is 10.3. The summed E-state index contributed by atoms with van der Waals surface area (Å²) in [6.45, 7) is 9.15. The molecule has 2 nitrogen and oxygen atoms in total. The van der Waals surface area contributed by atoms with Crippen molar-refractivity contribution in [3.05, 3.63) is 88.5 Å². The molecule has 0 heterocycles. The van der Waals surface area contributed by atoms with Gasteiger partial charge in [-0.1, -0.05) is 64.1 Å². The van der Waals surface area contributed by atoms with Crippen molar-refractivity contribution in [2.45, 2.75) is 70.4 Å². The first kappa shape index (κ1) is 25.8. The van der Waals surface area contributed by atoms with Gasteiger partial charge in [0, 0.05) is 6.08 Å². The van der Waals surface area contributed by atoms with Gasteiger partial charge in [-0.15, -0.1) is 0 Å². The smallest absolute Gasteiger partial charge is 0.416 e. The topological polar surface area (TPSA) is 26.3 Å². The molecule has 0 aromatic heterocycles. The van der Waals surface area contributed by atoms with E-state index in [0.29, 0.717) is 17.6 Å². The summed E-state index contributed by atoms with van der Waals surface area (Å²) in [6, 6.07) is 11.8. The lowest BCUT2D eigenvalue weighted by Crippen LogP contribution is -2.33. The van der Waals surface area contributed by atoms with Crippen molar-refractivity contribution in [1.29, 1.82) is 0 Å². The lowest BCUT2D eigenvalue weighted by atomic mass is 9.63. The van der Waals surface area contributed by atoms with Crippen LogP contribution in [0.3, 0.4) is 0 Å². The maximum Gasteiger partial charge on any atom is 0.416 e. The van der Waals surface area contributed by atoms with E-state index < -0.39 is 17.7 Å². The number of hydrogen-bond donors (Lipinski definition) is 0. The van der Waals surface area contributed by atoms with Crippen LogP contribution < -0.4 is 0 Å². The minimum atomic E-state index is -4.43. The van der Waals surface area contributed by atoms with Gasteiger partial charge < -0.3 is 4.74 Å². The van der Waals surface area contributed by atoms with Gasteiger partial charge in [0.2, 0.25) is 0 Å². The van der Waals surface area contributed by atoms with Crippen LogP contribution in [-0.4, -0.2) is 13.1 Å². The van der Waals surface area contributed by atoms with Gasteiger partial charge in [-0.2, -0.15) is 13.2 Å². The Balaban J connectivity index is 1.88. The lowest BCUT2D eigenvalue weighted by molar-refractivity contribution is -0.137. The van der Waals surface area contributed by atoms with Crippen molar-refractivity contribution in [2.75, 3.05) is 7.11 Å². The van der Waals surface area contributed by atoms with Crippen LogP contribution in [0.5, 0.6) is 0 Å². The Morgan fingerprint density at radius 3 is 2.29 bits per heavy atom. The molecular weight excluding hydrogens is 437 g/mol. The highest BCUT2D eigenvalue weighted by Crippen LogP contribution is 2.46. The molecule has 0 spiro atoms. The molecule has 1 aliphatic rings. The summed E-state index contributed by atoms with van der Waals surface area (Å²) in [5, 5.41) is 0. The number of halogens is 3. The number of carbonyl (C=O) groups excluding carboxylic acids is 1. The van der Waals surface area contributed by atoms with Crippen LogP contribution in [0.25, 0.3) is 5.57 Å². The second-order valence-corrected chi connectivity index (χ2v) is 10.3. The molecule has 3 rings (SSSR count). The number of carbonyl (C=O) groups is 1. The third kappa shape index (κ3) is 5.99. The second kappa shape index (κ2) is 9.81. The highest BCUT2D eigenvalue weighted by atomic mass is 19.4. The fourth-order valence-electron chi connectivity index (χ4n) is 4.57. The Morgan fingerprint density at radius 2 is 1.65 bits per heavy atom. The Bertz CT molecular complexity index is 1100. The van der Waals surface area contributed by atoms with Crippen LogP contribution in [0.4, 0.5) is 13.2 Å². The first-order valence-corrected chi connectivity index (χ1v) is 11.6. The summed E-state index contributed by atoms with van der Waals surface area (Å²) in [7, 11) is 1.26. The SMILES string of the molecule is COC(=O)C=CC(=CCCc1ccc2c(c1)C(C)(C)CCC2(C)C)c1cccc(C(F)(F)F)c1. The van der Waals surface area contributed by atoms with Crippen LogP contribution >= 0.6 is 0 Å². The molecule has 0 unspecified atom stereocenters. The zero-order chi connectivity index (χ0) is 25.1. The largest absolute Gasteiger partial charge is 0.466 e. The van der Waals surface area contributed by atoms with Gasteiger partial charge in [-0.05, 0) is 82.5 Å². The minimum absolute atomic E-state index is 0.114. The van der Waals surface area contributed by atoms with Crippen molar-refractivity contribution in [2.24, 2.45) is 0 Å². The molecule has 182 valence electrons. The third-order valence-corrected chi connectivity index (χ3v) is 6.84. The molecule has 5 heteroatoms. The quantitative estimate of drug-likeness (QED) is 0.245. The zero-order valence-electron chi connectivity index (χ0n) is 20.6. The normalized spacial score (nSPS) is 17.5. The summed E-state index contributed by atoms with van der Waals surface area (Å²) < 4.78 is 44.3. The van der Waals surface area contributed by atoms with Gasteiger partial charge in [-0.25, -0.2) is 4.79 Å². The van der Waals surface area contributed by atoms with Crippen molar-refractivity contribution in [3.8, 4) is 0 Å². The third-order valence-electron chi connectivity index (χ3n) is 6.84. The predicted molar refractivity (Wildman–Crippen MR) is 131 cm³/mol. The molecule has 0 saturated carbocycles. The Labute approximate surface area is 200 Å². The average molecular weight is 471 g/mol. The molecule has 0 bridgehead atoms. The van der Waals surface area contributed by atoms with E-state index in [1.807, 2.05) is 6.08 Å². The number of aryl methyl sites for hydroxylation is 1. The van der Waals surface area contributed by atoms with E-state index in [0.717, 1.165) is 31.4 Å². The summed E-state index contributed by atoms with van der Waals surface area (Å²) in [5.74, 6) is -0.558. The molecule has 2 aromatic rings. The first-order chi connectivity index (χ1) is 15.8. The van der Waals surface area contributed by atoms with Crippen molar-refractivity contribution in [3.63, 3.8) is 0 Å². The number of rotatable bonds is 6. The van der Waals surface area contributed by atoms with Crippen LogP contribution in [0, 0.1) is 0 Å². The van der Waals surface area contributed by atoms with Gasteiger partial charge >= 0.3 is 12.1 Å². The van der Waals surface area contributed by atoms with Crippen molar-refractivity contribution < 1.29 is 22.7 Å². The predicted octanol–water partition coefficient (Wildman–Crippen LogP) is 7.80. The van der Waals surface area contributed by atoms with Gasteiger partial charge in [0.1, 0.15) is 0 Å². The molecule has 0 N–H and O–H groups in total. The molecule has 0 fully saturated rings. The number of fused-ring (bicyclic) bond motifs is 1. The van der Waals surface area contributed by atoms with Crippen LogP contribution in [0.1, 0.15) is 74.8 Å². The molecule has 0 radical (unpaired) electrons. The van der Waals surface area contributed by atoms with E-state index in [9.17, 15) is 18.0 Å². The highest BCUT2D eigenvalue weighted by molar-refractivity contribution is 5.87. The van der Waals surface area contributed by atoms with Gasteiger partial charge in [0.05, 0.1) is 12.7 Å². The van der Waals surface area contributed by atoms with Gasteiger partial charge in [0.15, 0.2) is 0 Å². The maximum absolute atomic E-state index is 13.2. The molecule has 0 saturated heterocycles. The Kier molecular flexibility index (Phi) is 7.44. The van der Waals surface area contributed by atoms with E-state index in [2.05, 4.69) is 50.6 Å². The maximum atomic E-state index is 13.2. The monoisotopic (exact) mass is 470 g/mol. The molecule has 0 aliphatic heterocycles. The van der Waals surface area contributed by atoms with E-state index in [-0.39, 0.29) is 10.8 Å². The number of esters is 1. The Hall–Kier alpha value is -2.82. The fourth-order valence-corrected chi connectivity index (χ4v) is 4.57. The van der Waals surface area contributed by atoms with Crippen LogP contribution in [0.2, 0.25) is 0 Å². The number of hydrogen-bond acceptors (Lipinski definition) is 2. The van der Waals surface area contributed by atoms with Crippen LogP contribution in [-0.2, 0) is 33.0 Å². The van der Waals surface area contributed by atoms with E-state index in [1.54, 1.807) is 6.07 Å². The molecule has 34 heavy (non-hydrogen) atoms. The summed E-state index contributed by atoms with van der Waals surface area (Å²) in [6.07, 6.45) is 3.85. The minimum Gasteiger partial charge on any atom is -0.466 e. The summed E-state index contributed by atoms with van der Waals surface area (Å²) >= 11 is 0. The molecular formula is C29H33F3O2. The lowest BCUT2D eigenvalue weighted by Gasteiger charge is -2.42.